The van der Waals surface area contributed by atoms with Gasteiger partial charge in [0.15, 0.2) is 5.69 Å². The topological polar surface area (TPSA) is 84.3 Å². The quantitative estimate of drug-likeness (QED) is 0.603. The van der Waals surface area contributed by atoms with Gasteiger partial charge in [-0.05, 0) is 51.4 Å². The van der Waals surface area contributed by atoms with E-state index in [2.05, 4.69) is 5.10 Å². The van der Waals surface area contributed by atoms with Crippen LogP contribution in [0.1, 0.15) is 11.3 Å². The number of benzene rings is 2. The zero-order valence-electron chi connectivity index (χ0n) is 17.5. The standard InChI is InChI=1S/C21H21F3N4O3S/c1-14-4-6-15(7-5-14)18-12-19(21(22,23)24)25-28(18)16-8-10-17(11-9-16)32(30,31)26-20(29)13-27(2)3/h4-12H,13H2,1-3H3,(H,26,29). The van der Waals surface area contributed by atoms with Crippen LogP contribution in [0.4, 0.5) is 13.2 Å². The van der Waals surface area contributed by atoms with Gasteiger partial charge >= 0.3 is 6.18 Å². The number of halogens is 3. The minimum atomic E-state index is -4.65. The third-order valence-corrected chi connectivity index (χ3v) is 5.84. The van der Waals surface area contributed by atoms with E-state index in [1.807, 2.05) is 11.6 Å². The lowest BCUT2D eigenvalue weighted by Crippen LogP contribution is -2.37. The highest BCUT2D eigenvalue weighted by molar-refractivity contribution is 7.90. The van der Waals surface area contributed by atoms with Crippen LogP contribution in [-0.4, -0.2) is 49.6 Å². The number of nitrogens with zero attached hydrogens (tertiary/aromatic N) is 3. The minimum Gasteiger partial charge on any atom is -0.301 e. The molecule has 0 aliphatic rings. The maximum atomic E-state index is 13.3. The molecule has 0 aliphatic heterocycles. The number of hydrogen-bond acceptors (Lipinski definition) is 5. The summed E-state index contributed by atoms with van der Waals surface area (Å²) in [7, 11) is -0.891. The molecule has 0 unspecified atom stereocenters. The Morgan fingerprint density at radius 1 is 1.06 bits per heavy atom. The molecule has 7 nitrogen and oxygen atoms in total. The Morgan fingerprint density at radius 2 is 1.66 bits per heavy atom. The summed E-state index contributed by atoms with van der Waals surface area (Å²) in [5, 5.41) is 3.69. The molecule has 0 saturated carbocycles. The van der Waals surface area contributed by atoms with Crippen molar-refractivity contribution in [2.75, 3.05) is 20.6 Å². The largest absolute Gasteiger partial charge is 0.435 e. The van der Waals surface area contributed by atoms with Gasteiger partial charge in [-0.25, -0.2) is 17.8 Å². The molecular weight excluding hydrogens is 445 g/mol. The Hall–Kier alpha value is -3.18. The molecule has 0 radical (unpaired) electrons. The summed E-state index contributed by atoms with van der Waals surface area (Å²) in [5.74, 6) is -0.706. The molecule has 3 rings (SSSR count). The van der Waals surface area contributed by atoms with Crippen molar-refractivity contribution in [3.63, 3.8) is 0 Å². The fourth-order valence-electron chi connectivity index (χ4n) is 2.94. The van der Waals surface area contributed by atoms with Crippen molar-refractivity contribution >= 4 is 15.9 Å². The van der Waals surface area contributed by atoms with Gasteiger partial charge < -0.3 is 4.90 Å². The second-order valence-corrected chi connectivity index (χ2v) is 9.13. The van der Waals surface area contributed by atoms with Crippen molar-refractivity contribution in [2.24, 2.45) is 0 Å². The predicted molar refractivity (Wildman–Crippen MR) is 113 cm³/mol. The van der Waals surface area contributed by atoms with E-state index in [0.717, 1.165) is 16.3 Å². The number of alkyl halides is 3. The van der Waals surface area contributed by atoms with Crippen LogP contribution in [-0.2, 0) is 21.0 Å². The first-order chi connectivity index (χ1) is 14.9. The molecule has 170 valence electrons. The molecule has 11 heteroatoms. The van der Waals surface area contributed by atoms with E-state index in [1.165, 1.54) is 29.2 Å². The maximum absolute atomic E-state index is 13.3. The number of carbonyl (C=O) groups is 1. The summed E-state index contributed by atoms with van der Waals surface area (Å²) >= 11 is 0. The number of nitrogens with one attached hydrogen (secondary N) is 1. The highest BCUT2D eigenvalue weighted by Crippen LogP contribution is 2.33. The monoisotopic (exact) mass is 466 g/mol. The number of likely N-dealkylation sites (N-methyl/N-ethyl adjacent to an activating group) is 1. The van der Waals surface area contributed by atoms with Gasteiger partial charge in [-0.1, -0.05) is 29.8 Å². The lowest BCUT2D eigenvalue weighted by Gasteiger charge is -2.12. The lowest BCUT2D eigenvalue weighted by molar-refractivity contribution is -0.141. The van der Waals surface area contributed by atoms with Gasteiger partial charge in [-0.2, -0.15) is 18.3 Å². The Bertz CT molecular complexity index is 1220. The molecule has 0 atom stereocenters. The van der Waals surface area contributed by atoms with E-state index in [4.69, 9.17) is 0 Å². The van der Waals surface area contributed by atoms with Gasteiger partial charge in [0.2, 0.25) is 5.91 Å². The lowest BCUT2D eigenvalue weighted by atomic mass is 10.1. The van der Waals surface area contributed by atoms with Crippen molar-refractivity contribution in [1.82, 2.24) is 19.4 Å². The molecular formula is C21H21F3N4O3S. The second kappa shape index (κ2) is 8.75. The molecule has 32 heavy (non-hydrogen) atoms. The van der Waals surface area contributed by atoms with Crippen LogP contribution in [0.25, 0.3) is 16.9 Å². The van der Waals surface area contributed by atoms with Gasteiger partial charge in [0.25, 0.3) is 10.0 Å². The molecule has 1 aromatic heterocycles. The first kappa shape index (κ1) is 23.5. The molecule has 1 heterocycles. The molecule has 0 aliphatic carbocycles. The first-order valence-electron chi connectivity index (χ1n) is 9.42. The first-order valence-corrected chi connectivity index (χ1v) is 10.9. The average molecular weight is 466 g/mol. The van der Waals surface area contributed by atoms with Crippen LogP contribution in [0, 0.1) is 6.92 Å². The number of aryl methyl sites for hydroxylation is 1. The number of hydrogen-bond donors (Lipinski definition) is 1. The van der Waals surface area contributed by atoms with Gasteiger partial charge in [0.05, 0.1) is 22.8 Å². The van der Waals surface area contributed by atoms with E-state index in [0.29, 0.717) is 5.56 Å². The van der Waals surface area contributed by atoms with Gasteiger partial charge in [0.1, 0.15) is 0 Å². The SMILES string of the molecule is Cc1ccc(-c2cc(C(F)(F)F)nn2-c2ccc(S(=O)(=O)NC(=O)CN(C)C)cc2)cc1. The van der Waals surface area contributed by atoms with E-state index in [1.54, 1.807) is 38.4 Å². The third kappa shape index (κ3) is 5.35. The smallest absolute Gasteiger partial charge is 0.301 e. The molecule has 0 saturated heterocycles. The summed E-state index contributed by atoms with van der Waals surface area (Å²) in [6, 6.07) is 12.9. The molecule has 1 N–H and O–H groups in total. The van der Waals surface area contributed by atoms with E-state index < -0.39 is 27.8 Å². The summed E-state index contributed by atoms with van der Waals surface area (Å²) in [4.78, 5) is 13.1. The summed E-state index contributed by atoms with van der Waals surface area (Å²) in [6.07, 6.45) is -4.65. The van der Waals surface area contributed by atoms with Crippen LogP contribution in [0.2, 0.25) is 0 Å². The number of aromatic nitrogens is 2. The Morgan fingerprint density at radius 3 is 2.19 bits per heavy atom. The van der Waals surface area contributed by atoms with Gasteiger partial charge in [-0.3, -0.25) is 4.79 Å². The Labute approximate surface area is 183 Å². The van der Waals surface area contributed by atoms with Crippen molar-refractivity contribution in [3.05, 3.63) is 65.9 Å². The Kier molecular flexibility index (Phi) is 6.42. The normalized spacial score (nSPS) is 12.2. The van der Waals surface area contributed by atoms with E-state index >= 15 is 0 Å². The zero-order valence-corrected chi connectivity index (χ0v) is 18.3. The van der Waals surface area contributed by atoms with Crippen LogP contribution >= 0.6 is 0 Å². The second-order valence-electron chi connectivity index (χ2n) is 7.45. The highest BCUT2D eigenvalue weighted by atomic mass is 32.2. The van der Waals surface area contributed by atoms with Crippen LogP contribution < -0.4 is 4.72 Å². The number of sulfonamides is 1. The van der Waals surface area contributed by atoms with Crippen LogP contribution in [0.5, 0.6) is 0 Å². The molecule has 1 amide bonds. The van der Waals surface area contributed by atoms with Gasteiger partial charge in [0, 0.05) is 5.56 Å². The molecule has 3 aromatic rings. The van der Waals surface area contributed by atoms with Crippen molar-refractivity contribution in [2.45, 2.75) is 18.0 Å². The van der Waals surface area contributed by atoms with Crippen LogP contribution in [0.15, 0.2) is 59.5 Å². The molecule has 0 fully saturated rings. The summed E-state index contributed by atoms with van der Waals surface area (Å²) in [6.45, 7) is 1.74. The number of amides is 1. The molecule has 0 spiro atoms. The van der Waals surface area contributed by atoms with Crippen molar-refractivity contribution in [1.29, 1.82) is 0 Å². The number of rotatable bonds is 6. The highest BCUT2D eigenvalue weighted by Gasteiger charge is 2.35. The fourth-order valence-corrected chi connectivity index (χ4v) is 3.92. The van der Waals surface area contributed by atoms with Gasteiger partial charge in [-0.15, -0.1) is 0 Å². The summed E-state index contributed by atoms with van der Waals surface area (Å²) in [5.41, 5.74) is 0.829. The minimum absolute atomic E-state index is 0.120. The predicted octanol–water partition coefficient (Wildman–Crippen LogP) is 3.23. The average Bonchev–Trinajstić information content (AvgIpc) is 3.13. The fraction of sp³-hybridized carbons (Fsp3) is 0.238. The van der Waals surface area contributed by atoms with Crippen molar-refractivity contribution in [3.8, 4) is 16.9 Å². The molecule has 0 bridgehead atoms. The third-order valence-electron chi connectivity index (χ3n) is 4.45. The molecule has 2 aromatic carbocycles. The number of carbonyl (C=O) groups excluding carboxylic acids is 1. The Balaban J connectivity index is 1.98. The summed E-state index contributed by atoms with van der Waals surface area (Å²) < 4.78 is 67.8. The zero-order chi connectivity index (χ0) is 23.7. The van der Waals surface area contributed by atoms with E-state index in [-0.39, 0.29) is 22.8 Å². The van der Waals surface area contributed by atoms with Crippen molar-refractivity contribution < 1.29 is 26.4 Å². The van der Waals surface area contributed by atoms with Crippen LogP contribution in [0.3, 0.4) is 0 Å². The van der Waals surface area contributed by atoms with E-state index in [9.17, 15) is 26.4 Å². The maximum Gasteiger partial charge on any atom is 0.435 e.